The molecule has 1 aromatic rings. The number of hydrogen-bond donors (Lipinski definition) is 0. The van der Waals surface area contributed by atoms with Crippen LogP contribution in [0.3, 0.4) is 0 Å². The number of benzene rings is 1. The van der Waals surface area contributed by atoms with Gasteiger partial charge in [-0.2, -0.15) is 0 Å². The Bertz CT molecular complexity index is 402. The summed E-state index contributed by atoms with van der Waals surface area (Å²) in [4.78, 5) is 11.9. The van der Waals surface area contributed by atoms with Crippen LogP contribution in [0.2, 0.25) is 0 Å². The van der Waals surface area contributed by atoms with Crippen molar-refractivity contribution in [3.63, 3.8) is 0 Å². The highest BCUT2D eigenvalue weighted by Crippen LogP contribution is 2.23. The summed E-state index contributed by atoms with van der Waals surface area (Å²) in [6.45, 7) is 3.58. The molecule has 0 N–H and O–H groups in total. The van der Waals surface area contributed by atoms with Gasteiger partial charge in [0.25, 0.3) is 0 Å². The lowest BCUT2D eigenvalue weighted by Gasteiger charge is -2.21. The Balaban J connectivity index is 2.94. The van der Waals surface area contributed by atoms with Crippen LogP contribution in [0.4, 0.5) is 4.39 Å². The third-order valence-electron chi connectivity index (χ3n) is 2.39. The van der Waals surface area contributed by atoms with Crippen molar-refractivity contribution >= 4 is 21.7 Å². The standard InChI is InChI=1S/C12H14BrFO2/c1-12(2,16-3)7-10(15)8-5-4-6-9(13)11(8)14/h4-6H,7H2,1-3H3. The number of rotatable bonds is 4. The number of ether oxygens (including phenoxy) is 1. The van der Waals surface area contributed by atoms with E-state index in [2.05, 4.69) is 15.9 Å². The van der Waals surface area contributed by atoms with Gasteiger partial charge in [0.15, 0.2) is 5.78 Å². The summed E-state index contributed by atoms with van der Waals surface area (Å²) in [6, 6.07) is 4.68. The van der Waals surface area contributed by atoms with Crippen LogP contribution in [0.5, 0.6) is 0 Å². The van der Waals surface area contributed by atoms with Crippen molar-refractivity contribution in [2.75, 3.05) is 7.11 Å². The molecule has 1 aromatic carbocycles. The molecule has 0 fully saturated rings. The topological polar surface area (TPSA) is 26.3 Å². The molecular weight excluding hydrogens is 275 g/mol. The van der Waals surface area contributed by atoms with Gasteiger partial charge in [-0.25, -0.2) is 4.39 Å². The average Bonchev–Trinajstić information content (AvgIpc) is 2.21. The molecule has 0 radical (unpaired) electrons. The minimum Gasteiger partial charge on any atom is -0.378 e. The first-order valence-corrected chi connectivity index (χ1v) is 5.69. The van der Waals surface area contributed by atoms with Crippen LogP contribution in [0.25, 0.3) is 0 Å². The van der Waals surface area contributed by atoms with Gasteiger partial charge in [-0.05, 0) is 41.9 Å². The number of Topliss-reactive ketones (excluding diaryl/α,β-unsaturated/α-hetero) is 1. The van der Waals surface area contributed by atoms with Gasteiger partial charge >= 0.3 is 0 Å². The first-order valence-electron chi connectivity index (χ1n) is 4.90. The summed E-state index contributed by atoms with van der Waals surface area (Å²) in [6.07, 6.45) is 0.150. The Hall–Kier alpha value is -0.740. The van der Waals surface area contributed by atoms with Gasteiger partial charge in [0.05, 0.1) is 15.6 Å². The predicted molar refractivity (Wildman–Crippen MR) is 64.1 cm³/mol. The van der Waals surface area contributed by atoms with Crippen LogP contribution < -0.4 is 0 Å². The van der Waals surface area contributed by atoms with Gasteiger partial charge in [0, 0.05) is 13.5 Å². The van der Waals surface area contributed by atoms with E-state index in [0.717, 1.165) is 0 Å². The molecule has 0 heterocycles. The fourth-order valence-corrected chi connectivity index (χ4v) is 1.64. The first kappa shape index (κ1) is 13.3. The summed E-state index contributed by atoms with van der Waals surface area (Å²) >= 11 is 3.05. The zero-order valence-corrected chi connectivity index (χ0v) is 11.1. The van der Waals surface area contributed by atoms with Gasteiger partial charge in [0.1, 0.15) is 5.82 Å². The molecule has 88 valence electrons. The van der Waals surface area contributed by atoms with E-state index in [9.17, 15) is 9.18 Å². The van der Waals surface area contributed by atoms with Crippen molar-refractivity contribution in [1.82, 2.24) is 0 Å². The summed E-state index contributed by atoms with van der Waals surface area (Å²) in [7, 11) is 1.53. The summed E-state index contributed by atoms with van der Waals surface area (Å²) < 4.78 is 19.1. The van der Waals surface area contributed by atoms with E-state index in [-0.39, 0.29) is 17.8 Å². The average molecular weight is 289 g/mol. The lowest BCUT2D eigenvalue weighted by atomic mass is 9.97. The number of carbonyl (C=O) groups excluding carboxylic acids is 1. The quantitative estimate of drug-likeness (QED) is 0.792. The highest BCUT2D eigenvalue weighted by atomic mass is 79.9. The molecule has 0 unspecified atom stereocenters. The molecular formula is C12H14BrFO2. The van der Waals surface area contributed by atoms with Gasteiger partial charge in [0.2, 0.25) is 0 Å². The highest BCUT2D eigenvalue weighted by Gasteiger charge is 2.24. The van der Waals surface area contributed by atoms with E-state index in [1.165, 1.54) is 13.2 Å². The Morgan fingerprint density at radius 3 is 2.69 bits per heavy atom. The highest BCUT2D eigenvalue weighted by molar-refractivity contribution is 9.10. The number of methoxy groups -OCH3 is 1. The van der Waals surface area contributed by atoms with Gasteiger partial charge in [-0.15, -0.1) is 0 Å². The fourth-order valence-electron chi connectivity index (χ4n) is 1.27. The molecule has 16 heavy (non-hydrogen) atoms. The Kier molecular flexibility index (Phi) is 4.21. The Labute approximate surface area is 103 Å². The van der Waals surface area contributed by atoms with E-state index in [0.29, 0.717) is 4.47 Å². The summed E-state index contributed by atoms with van der Waals surface area (Å²) in [5.74, 6) is -0.773. The molecule has 0 bridgehead atoms. The number of hydrogen-bond acceptors (Lipinski definition) is 2. The van der Waals surface area contributed by atoms with Gasteiger partial charge < -0.3 is 4.74 Å². The smallest absolute Gasteiger partial charge is 0.168 e. The molecule has 0 atom stereocenters. The van der Waals surface area contributed by atoms with Crippen molar-refractivity contribution in [2.45, 2.75) is 25.9 Å². The largest absolute Gasteiger partial charge is 0.378 e. The maximum absolute atomic E-state index is 13.6. The van der Waals surface area contributed by atoms with Crippen LogP contribution in [0, 0.1) is 5.82 Å². The minimum atomic E-state index is -0.578. The van der Waals surface area contributed by atoms with Gasteiger partial charge in [-0.3, -0.25) is 4.79 Å². The number of halogens is 2. The van der Waals surface area contributed by atoms with Crippen LogP contribution >= 0.6 is 15.9 Å². The van der Waals surface area contributed by atoms with Crippen molar-refractivity contribution in [3.05, 3.63) is 34.1 Å². The maximum atomic E-state index is 13.6. The second-order valence-electron chi connectivity index (χ2n) is 4.17. The normalized spacial score (nSPS) is 11.6. The van der Waals surface area contributed by atoms with Crippen molar-refractivity contribution < 1.29 is 13.9 Å². The van der Waals surface area contributed by atoms with Crippen LogP contribution in [0.1, 0.15) is 30.6 Å². The number of ketones is 1. The molecule has 0 saturated heterocycles. The summed E-state index contributed by atoms with van der Waals surface area (Å²) in [5, 5.41) is 0. The molecule has 0 saturated carbocycles. The zero-order valence-electron chi connectivity index (χ0n) is 9.51. The second kappa shape index (κ2) is 5.06. The van der Waals surface area contributed by atoms with E-state index in [4.69, 9.17) is 4.74 Å². The van der Waals surface area contributed by atoms with Crippen molar-refractivity contribution in [3.8, 4) is 0 Å². The lowest BCUT2D eigenvalue weighted by molar-refractivity contribution is 0.0171. The SMILES string of the molecule is COC(C)(C)CC(=O)c1cccc(Br)c1F. The first-order chi connectivity index (χ1) is 7.37. The van der Waals surface area contributed by atoms with E-state index in [1.54, 1.807) is 26.0 Å². The zero-order chi connectivity index (χ0) is 12.3. The second-order valence-corrected chi connectivity index (χ2v) is 5.02. The molecule has 0 spiro atoms. The van der Waals surface area contributed by atoms with Crippen LogP contribution in [-0.2, 0) is 4.74 Å². The number of carbonyl (C=O) groups is 1. The molecule has 2 nitrogen and oxygen atoms in total. The minimum absolute atomic E-state index is 0.0968. The molecule has 4 heteroatoms. The molecule has 0 aromatic heterocycles. The molecule has 0 amide bonds. The molecule has 0 aliphatic heterocycles. The third kappa shape index (κ3) is 3.12. The molecule has 0 aliphatic carbocycles. The van der Waals surface area contributed by atoms with Crippen molar-refractivity contribution in [2.24, 2.45) is 0 Å². The van der Waals surface area contributed by atoms with E-state index < -0.39 is 11.4 Å². The Morgan fingerprint density at radius 1 is 1.50 bits per heavy atom. The van der Waals surface area contributed by atoms with E-state index in [1.807, 2.05) is 0 Å². The van der Waals surface area contributed by atoms with Crippen LogP contribution in [-0.4, -0.2) is 18.5 Å². The summed E-state index contributed by atoms with van der Waals surface area (Å²) in [5.41, 5.74) is -0.481. The molecule has 1 rings (SSSR count). The van der Waals surface area contributed by atoms with E-state index >= 15 is 0 Å². The maximum Gasteiger partial charge on any atom is 0.168 e. The Morgan fingerprint density at radius 2 is 2.12 bits per heavy atom. The predicted octanol–water partition coefficient (Wildman–Crippen LogP) is 3.59. The monoisotopic (exact) mass is 288 g/mol. The molecule has 0 aliphatic rings. The fraction of sp³-hybridized carbons (Fsp3) is 0.417. The lowest BCUT2D eigenvalue weighted by Crippen LogP contribution is -2.26. The van der Waals surface area contributed by atoms with Gasteiger partial charge in [-0.1, -0.05) is 6.07 Å². The van der Waals surface area contributed by atoms with Crippen LogP contribution in [0.15, 0.2) is 22.7 Å². The third-order valence-corrected chi connectivity index (χ3v) is 3.00. The van der Waals surface area contributed by atoms with Crippen molar-refractivity contribution in [1.29, 1.82) is 0 Å².